The average molecular weight is 399 g/mol. The van der Waals surface area contributed by atoms with Gasteiger partial charge in [-0.2, -0.15) is 13.2 Å². The minimum Gasteiger partial charge on any atom is -0.508 e. The molecule has 0 unspecified atom stereocenters. The monoisotopic (exact) mass is 398 g/mol. The van der Waals surface area contributed by atoms with Crippen molar-refractivity contribution in [3.63, 3.8) is 0 Å². The molecule has 0 radical (unpaired) electrons. The molecule has 0 aromatic heterocycles. The average Bonchev–Trinajstić information content (AvgIpc) is 2.64. The lowest BCUT2D eigenvalue weighted by atomic mass is 10.1. The van der Waals surface area contributed by atoms with E-state index >= 15 is 0 Å². The maximum atomic E-state index is 13.1. The van der Waals surface area contributed by atoms with Crippen molar-refractivity contribution in [2.24, 2.45) is 0 Å². The first-order valence-electron chi connectivity index (χ1n) is 8.41. The third kappa shape index (κ3) is 4.54. The Kier molecular flexibility index (Phi) is 5.62. The number of carbonyl (C=O) groups excluding carboxylic acids is 1. The SMILES string of the molecule is O=C(c1ccccc1C(F)(F)F)N1CCN(Cc2cc(O)ccc2Cl)CC1. The summed E-state index contributed by atoms with van der Waals surface area (Å²) in [5.74, 6) is -0.495. The summed E-state index contributed by atoms with van der Waals surface area (Å²) in [6, 6.07) is 9.54. The van der Waals surface area contributed by atoms with Gasteiger partial charge in [0.25, 0.3) is 5.91 Å². The number of carbonyl (C=O) groups is 1. The molecule has 0 saturated carbocycles. The molecule has 1 saturated heterocycles. The fraction of sp³-hybridized carbons (Fsp3) is 0.316. The summed E-state index contributed by atoms with van der Waals surface area (Å²) in [6.07, 6.45) is -4.57. The number of alkyl halides is 3. The number of phenolic OH excluding ortho intramolecular Hbond substituents is 1. The maximum absolute atomic E-state index is 13.1. The molecular formula is C19H18ClF3N2O2. The van der Waals surface area contributed by atoms with Gasteiger partial charge in [0, 0.05) is 37.7 Å². The van der Waals surface area contributed by atoms with Crippen LogP contribution in [0.2, 0.25) is 5.02 Å². The Morgan fingerprint density at radius 1 is 1.07 bits per heavy atom. The lowest BCUT2D eigenvalue weighted by Gasteiger charge is -2.35. The molecule has 4 nitrogen and oxygen atoms in total. The smallest absolute Gasteiger partial charge is 0.417 e. The van der Waals surface area contributed by atoms with E-state index in [0.29, 0.717) is 37.7 Å². The lowest BCUT2D eigenvalue weighted by molar-refractivity contribution is -0.138. The van der Waals surface area contributed by atoms with E-state index in [1.54, 1.807) is 12.1 Å². The molecule has 2 aromatic carbocycles. The first-order valence-corrected chi connectivity index (χ1v) is 8.79. The molecule has 0 aliphatic carbocycles. The van der Waals surface area contributed by atoms with Crippen molar-refractivity contribution in [2.45, 2.75) is 12.7 Å². The Morgan fingerprint density at radius 2 is 1.74 bits per heavy atom. The summed E-state index contributed by atoms with van der Waals surface area (Å²) in [7, 11) is 0. The molecule has 3 rings (SSSR count). The molecule has 1 aliphatic rings. The van der Waals surface area contributed by atoms with E-state index < -0.39 is 17.6 Å². The number of hydrogen-bond donors (Lipinski definition) is 1. The van der Waals surface area contributed by atoms with Gasteiger partial charge in [0.05, 0.1) is 11.1 Å². The van der Waals surface area contributed by atoms with E-state index in [1.165, 1.54) is 29.2 Å². The summed E-state index contributed by atoms with van der Waals surface area (Å²) >= 11 is 6.13. The van der Waals surface area contributed by atoms with Crippen LogP contribution in [0.1, 0.15) is 21.5 Å². The van der Waals surface area contributed by atoms with E-state index in [-0.39, 0.29) is 11.3 Å². The van der Waals surface area contributed by atoms with Gasteiger partial charge in [-0.05, 0) is 35.9 Å². The summed E-state index contributed by atoms with van der Waals surface area (Å²) in [4.78, 5) is 16.1. The van der Waals surface area contributed by atoms with Crippen molar-refractivity contribution >= 4 is 17.5 Å². The molecule has 0 bridgehead atoms. The van der Waals surface area contributed by atoms with Gasteiger partial charge in [0.2, 0.25) is 0 Å². The maximum Gasteiger partial charge on any atom is 0.417 e. The second kappa shape index (κ2) is 7.78. The molecule has 1 fully saturated rings. The fourth-order valence-corrected chi connectivity index (χ4v) is 3.30. The highest BCUT2D eigenvalue weighted by Crippen LogP contribution is 2.32. The molecule has 2 aromatic rings. The zero-order valence-corrected chi connectivity index (χ0v) is 15.1. The number of rotatable bonds is 3. The van der Waals surface area contributed by atoms with E-state index in [9.17, 15) is 23.1 Å². The minimum atomic E-state index is -4.57. The first kappa shape index (κ1) is 19.5. The minimum absolute atomic E-state index is 0.118. The number of benzene rings is 2. The van der Waals surface area contributed by atoms with E-state index in [0.717, 1.165) is 11.6 Å². The second-order valence-electron chi connectivity index (χ2n) is 6.39. The molecule has 1 amide bonds. The van der Waals surface area contributed by atoms with Gasteiger partial charge in [-0.3, -0.25) is 9.69 Å². The molecule has 1 N–H and O–H groups in total. The fourth-order valence-electron chi connectivity index (χ4n) is 3.12. The van der Waals surface area contributed by atoms with Gasteiger partial charge in [-0.1, -0.05) is 23.7 Å². The van der Waals surface area contributed by atoms with E-state index in [1.807, 2.05) is 4.90 Å². The van der Waals surface area contributed by atoms with Crippen molar-refractivity contribution in [3.8, 4) is 5.75 Å². The number of halogens is 4. The lowest BCUT2D eigenvalue weighted by Crippen LogP contribution is -2.48. The third-order valence-electron chi connectivity index (χ3n) is 4.55. The Morgan fingerprint density at radius 3 is 2.41 bits per heavy atom. The Labute approximate surface area is 159 Å². The second-order valence-corrected chi connectivity index (χ2v) is 6.79. The Bertz CT molecular complexity index is 834. The van der Waals surface area contributed by atoms with Crippen LogP contribution in [0.15, 0.2) is 42.5 Å². The van der Waals surface area contributed by atoms with E-state index in [2.05, 4.69) is 0 Å². The van der Waals surface area contributed by atoms with Crippen molar-refractivity contribution in [2.75, 3.05) is 26.2 Å². The van der Waals surface area contributed by atoms with Crippen molar-refractivity contribution in [1.82, 2.24) is 9.80 Å². The van der Waals surface area contributed by atoms with Gasteiger partial charge >= 0.3 is 6.18 Å². The number of hydrogen-bond acceptors (Lipinski definition) is 3. The highest BCUT2D eigenvalue weighted by atomic mass is 35.5. The number of piperazine rings is 1. The number of phenols is 1. The molecular weight excluding hydrogens is 381 g/mol. The van der Waals surface area contributed by atoms with Crippen molar-refractivity contribution in [1.29, 1.82) is 0 Å². The number of aromatic hydroxyl groups is 1. The van der Waals surface area contributed by atoms with Gasteiger partial charge in [-0.25, -0.2) is 0 Å². The zero-order valence-electron chi connectivity index (χ0n) is 14.3. The summed E-state index contributed by atoms with van der Waals surface area (Å²) < 4.78 is 39.4. The molecule has 0 spiro atoms. The molecule has 1 aliphatic heterocycles. The summed E-state index contributed by atoms with van der Waals surface area (Å²) in [5.41, 5.74) is -0.475. The zero-order chi connectivity index (χ0) is 19.6. The number of amides is 1. The van der Waals surface area contributed by atoms with Crippen LogP contribution in [-0.4, -0.2) is 47.0 Å². The molecule has 1 heterocycles. The normalized spacial score (nSPS) is 15.8. The largest absolute Gasteiger partial charge is 0.508 e. The van der Waals surface area contributed by atoms with Gasteiger partial charge in [0.15, 0.2) is 0 Å². The topological polar surface area (TPSA) is 43.8 Å². The Hall–Kier alpha value is -2.25. The quantitative estimate of drug-likeness (QED) is 0.849. The third-order valence-corrected chi connectivity index (χ3v) is 4.91. The van der Waals surface area contributed by atoms with Crippen LogP contribution < -0.4 is 0 Å². The van der Waals surface area contributed by atoms with Gasteiger partial charge < -0.3 is 10.0 Å². The summed E-state index contributed by atoms with van der Waals surface area (Å²) in [6.45, 7) is 2.15. The predicted octanol–water partition coefficient (Wildman–Crippen LogP) is 4.02. The summed E-state index contributed by atoms with van der Waals surface area (Å²) in [5, 5.41) is 10.1. The molecule has 8 heteroatoms. The standard InChI is InChI=1S/C19H18ClF3N2O2/c20-17-6-5-14(26)11-13(17)12-24-7-9-25(10-8-24)18(27)15-3-1-2-4-16(15)19(21,22)23/h1-6,11,26H,7-10,12H2. The van der Waals surface area contributed by atoms with Gasteiger partial charge in [-0.15, -0.1) is 0 Å². The van der Waals surface area contributed by atoms with Gasteiger partial charge in [0.1, 0.15) is 5.75 Å². The van der Waals surface area contributed by atoms with Crippen LogP contribution in [0.25, 0.3) is 0 Å². The Balaban J connectivity index is 1.66. The van der Waals surface area contributed by atoms with Crippen molar-refractivity contribution < 1.29 is 23.1 Å². The van der Waals surface area contributed by atoms with E-state index in [4.69, 9.17) is 11.6 Å². The van der Waals surface area contributed by atoms with Crippen LogP contribution in [0.3, 0.4) is 0 Å². The molecule has 27 heavy (non-hydrogen) atoms. The van der Waals surface area contributed by atoms with Crippen LogP contribution in [-0.2, 0) is 12.7 Å². The molecule has 0 atom stereocenters. The van der Waals surface area contributed by atoms with Crippen LogP contribution in [0, 0.1) is 0 Å². The van der Waals surface area contributed by atoms with Crippen LogP contribution in [0.5, 0.6) is 5.75 Å². The van der Waals surface area contributed by atoms with Crippen molar-refractivity contribution in [3.05, 3.63) is 64.2 Å². The number of nitrogens with zero attached hydrogens (tertiary/aromatic N) is 2. The molecule has 144 valence electrons. The highest BCUT2D eigenvalue weighted by Gasteiger charge is 2.36. The highest BCUT2D eigenvalue weighted by molar-refractivity contribution is 6.31. The van der Waals surface area contributed by atoms with Crippen LogP contribution >= 0.6 is 11.6 Å². The van der Waals surface area contributed by atoms with Crippen LogP contribution in [0.4, 0.5) is 13.2 Å². The predicted molar refractivity (Wildman–Crippen MR) is 95.7 cm³/mol. The first-order chi connectivity index (χ1) is 12.8.